The zero-order chi connectivity index (χ0) is 17.5. The fourth-order valence-electron chi connectivity index (χ4n) is 2.01. The van der Waals surface area contributed by atoms with Crippen LogP contribution in [0.3, 0.4) is 0 Å². The lowest BCUT2D eigenvalue weighted by Crippen LogP contribution is -2.28. The average molecular weight is 367 g/mol. The van der Waals surface area contributed by atoms with Crippen LogP contribution >= 0.6 is 23.2 Å². The van der Waals surface area contributed by atoms with E-state index >= 15 is 0 Å². The number of carbonyl (C=O) groups is 2. The number of ether oxygens (including phenoxy) is 1. The fourth-order valence-corrected chi connectivity index (χ4v) is 2.38. The number of esters is 1. The van der Waals surface area contributed by atoms with Crippen LogP contribution in [-0.4, -0.2) is 25.5 Å². The van der Waals surface area contributed by atoms with E-state index in [4.69, 9.17) is 23.2 Å². The van der Waals surface area contributed by atoms with E-state index in [0.717, 1.165) is 5.56 Å². The summed E-state index contributed by atoms with van der Waals surface area (Å²) in [7, 11) is 1.29. The maximum Gasteiger partial charge on any atom is 0.337 e. The fraction of sp³-hybridized carbons (Fsp3) is 0.176. The van der Waals surface area contributed by atoms with Gasteiger partial charge in [-0.25, -0.2) is 4.79 Å². The Kier molecular flexibility index (Phi) is 6.61. The van der Waals surface area contributed by atoms with E-state index in [9.17, 15) is 9.59 Å². The number of rotatable bonds is 6. The van der Waals surface area contributed by atoms with Crippen molar-refractivity contribution >= 4 is 40.8 Å². The van der Waals surface area contributed by atoms with Gasteiger partial charge in [0.2, 0.25) is 5.91 Å². The van der Waals surface area contributed by atoms with Crippen LogP contribution in [0.5, 0.6) is 0 Å². The van der Waals surface area contributed by atoms with Crippen molar-refractivity contribution in [1.82, 2.24) is 5.32 Å². The molecule has 0 bridgehead atoms. The molecule has 0 aliphatic rings. The monoisotopic (exact) mass is 366 g/mol. The molecule has 0 heterocycles. The van der Waals surface area contributed by atoms with E-state index in [1.54, 1.807) is 6.07 Å². The summed E-state index contributed by atoms with van der Waals surface area (Å²) in [5, 5.41) is 6.63. The minimum Gasteiger partial charge on any atom is -0.465 e. The highest BCUT2D eigenvalue weighted by molar-refractivity contribution is 6.34. The number of anilines is 1. The molecular weight excluding hydrogens is 351 g/mol. The van der Waals surface area contributed by atoms with E-state index < -0.39 is 5.97 Å². The summed E-state index contributed by atoms with van der Waals surface area (Å²) < 4.78 is 4.64. The normalized spacial score (nSPS) is 10.3. The number of methoxy groups -OCH3 is 1. The number of benzene rings is 2. The van der Waals surface area contributed by atoms with Gasteiger partial charge in [-0.3, -0.25) is 4.79 Å². The number of hydrogen-bond donors (Lipinski definition) is 2. The first kappa shape index (κ1) is 18.3. The van der Waals surface area contributed by atoms with Crippen molar-refractivity contribution in [2.45, 2.75) is 6.54 Å². The molecule has 2 rings (SSSR count). The molecule has 2 aromatic carbocycles. The van der Waals surface area contributed by atoms with Crippen LogP contribution in [0.25, 0.3) is 0 Å². The van der Waals surface area contributed by atoms with Crippen molar-refractivity contribution in [3.8, 4) is 0 Å². The molecule has 5 nitrogen and oxygen atoms in total. The van der Waals surface area contributed by atoms with Gasteiger partial charge in [0, 0.05) is 11.6 Å². The van der Waals surface area contributed by atoms with Crippen LogP contribution in [0.15, 0.2) is 42.5 Å². The number of hydrogen-bond acceptors (Lipinski definition) is 4. The molecule has 1 amide bonds. The first-order valence-electron chi connectivity index (χ1n) is 7.13. The molecule has 24 heavy (non-hydrogen) atoms. The SMILES string of the molecule is COC(=O)c1ccc(Cl)c(NC(=O)CNCc2ccccc2Cl)c1. The largest absolute Gasteiger partial charge is 0.465 e. The van der Waals surface area contributed by atoms with E-state index in [2.05, 4.69) is 15.4 Å². The van der Waals surface area contributed by atoms with Crippen molar-refractivity contribution in [3.05, 3.63) is 63.6 Å². The van der Waals surface area contributed by atoms with Crippen molar-refractivity contribution < 1.29 is 14.3 Å². The molecule has 0 saturated carbocycles. The summed E-state index contributed by atoms with van der Waals surface area (Å²) in [4.78, 5) is 23.5. The van der Waals surface area contributed by atoms with Crippen molar-refractivity contribution in [2.75, 3.05) is 19.0 Å². The van der Waals surface area contributed by atoms with Gasteiger partial charge in [0.1, 0.15) is 0 Å². The van der Waals surface area contributed by atoms with E-state index in [1.807, 2.05) is 18.2 Å². The van der Waals surface area contributed by atoms with Gasteiger partial charge in [0.15, 0.2) is 0 Å². The third kappa shape index (κ3) is 4.96. The number of halogens is 2. The molecular formula is C17H16Cl2N2O3. The smallest absolute Gasteiger partial charge is 0.337 e. The Morgan fingerprint density at radius 3 is 2.54 bits per heavy atom. The Hall–Kier alpha value is -2.08. The Labute approximate surface area is 149 Å². The number of amides is 1. The standard InChI is InChI=1S/C17H16Cl2N2O3/c1-24-17(23)11-6-7-14(19)15(8-11)21-16(22)10-20-9-12-4-2-3-5-13(12)18/h2-8,20H,9-10H2,1H3,(H,21,22). The molecule has 0 aromatic heterocycles. The maximum atomic E-state index is 12.0. The number of carbonyl (C=O) groups excluding carboxylic acids is 2. The summed E-state index contributed by atoms with van der Waals surface area (Å²) in [6.45, 7) is 0.535. The molecule has 0 spiro atoms. The maximum absolute atomic E-state index is 12.0. The molecule has 126 valence electrons. The quantitative estimate of drug-likeness (QED) is 0.767. The summed E-state index contributed by atoms with van der Waals surface area (Å²) in [6.07, 6.45) is 0. The van der Waals surface area contributed by atoms with Gasteiger partial charge in [-0.15, -0.1) is 0 Å². The van der Waals surface area contributed by atoms with Crippen LogP contribution < -0.4 is 10.6 Å². The molecule has 0 atom stereocenters. The lowest BCUT2D eigenvalue weighted by Gasteiger charge is -2.10. The van der Waals surface area contributed by atoms with E-state index in [-0.39, 0.29) is 12.5 Å². The first-order chi connectivity index (χ1) is 11.5. The van der Waals surface area contributed by atoms with Gasteiger partial charge < -0.3 is 15.4 Å². The highest BCUT2D eigenvalue weighted by Gasteiger charge is 2.11. The van der Waals surface area contributed by atoms with Crippen LogP contribution in [0, 0.1) is 0 Å². The van der Waals surface area contributed by atoms with Crippen LogP contribution in [0.2, 0.25) is 10.0 Å². The first-order valence-corrected chi connectivity index (χ1v) is 7.88. The topological polar surface area (TPSA) is 67.4 Å². The van der Waals surface area contributed by atoms with Crippen LogP contribution in [0.4, 0.5) is 5.69 Å². The second-order valence-corrected chi connectivity index (χ2v) is 5.74. The minimum absolute atomic E-state index is 0.0734. The van der Waals surface area contributed by atoms with Gasteiger partial charge in [-0.05, 0) is 29.8 Å². The Morgan fingerprint density at radius 2 is 1.83 bits per heavy atom. The molecule has 0 saturated heterocycles. The van der Waals surface area contributed by atoms with Crippen LogP contribution in [0.1, 0.15) is 15.9 Å². The minimum atomic E-state index is -0.501. The molecule has 0 aliphatic carbocycles. The van der Waals surface area contributed by atoms with Gasteiger partial charge in [-0.1, -0.05) is 41.4 Å². The van der Waals surface area contributed by atoms with Crippen molar-refractivity contribution in [2.24, 2.45) is 0 Å². The lowest BCUT2D eigenvalue weighted by atomic mass is 10.2. The van der Waals surface area contributed by atoms with Gasteiger partial charge in [0.25, 0.3) is 0 Å². The van der Waals surface area contributed by atoms with Gasteiger partial charge in [0.05, 0.1) is 29.9 Å². The molecule has 7 heteroatoms. The molecule has 2 N–H and O–H groups in total. The summed E-state index contributed by atoms with van der Waals surface area (Å²) in [5.41, 5.74) is 1.56. The second-order valence-electron chi connectivity index (χ2n) is 4.93. The lowest BCUT2D eigenvalue weighted by molar-refractivity contribution is -0.115. The van der Waals surface area contributed by atoms with Gasteiger partial charge in [-0.2, -0.15) is 0 Å². The van der Waals surface area contributed by atoms with Crippen molar-refractivity contribution in [1.29, 1.82) is 0 Å². The predicted octanol–water partition coefficient (Wildman–Crippen LogP) is 3.51. The Balaban J connectivity index is 1.92. The molecule has 0 fully saturated rings. The zero-order valence-electron chi connectivity index (χ0n) is 12.9. The predicted molar refractivity (Wildman–Crippen MR) is 94.6 cm³/mol. The highest BCUT2D eigenvalue weighted by Crippen LogP contribution is 2.23. The molecule has 0 radical (unpaired) electrons. The average Bonchev–Trinajstić information content (AvgIpc) is 2.58. The Bertz CT molecular complexity index is 750. The number of nitrogens with one attached hydrogen (secondary N) is 2. The van der Waals surface area contributed by atoms with Crippen molar-refractivity contribution in [3.63, 3.8) is 0 Å². The van der Waals surface area contributed by atoms with Gasteiger partial charge >= 0.3 is 5.97 Å². The third-order valence-corrected chi connectivity index (χ3v) is 3.92. The molecule has 0 unspecified atom stereocenters. The molecule has 0 aliphatic heterocycles. The molecule has 2 aromatic rings. The Morgan fingerprint density at radius 1 is 1.08 bits per heavy atom. The zero-order valence-corrected chi connectivity index (χ0v) is 14.4. The van der Waals surface area contributed by atoms with E-state index in [0.29, 0.717) is 27.8 Å². The second kappa shape index (κ2) is 8.68. The summed E-state index contributed by atoms with van der Waals surface area (Å²) in [6, 6.07) is 11.9. The van der Waals surface area contributed by atoms with E-state index in [1.165, 1.54) is 25.3 Å². The highest BCUT2D eigenvalue weighted by atomic mass is 35.5. The summed E-state index contributed by atoms with van der Waals surface area (Å²) >= 11 is 12.1. The van der Waals surface area contributed by atoms with Crippen LogP contribution in [-0.2, 0) is 16.1 Å². The summed E-state index contributed by atoms with van der Waals surface area (Å²) in [5.74, 6) is -0.787. The third-order valence-electron chi connectivity index (χ3n) is 3.22.